The molecule has 1 aliphatic heterocycles. The fraction of sp³-hybridized carbons (Fsp3) is 0.312. The number of rotatable bonds is 4. The quantitative estimate of drug-likeness (QED) is 0.926. The molecule has 0 spiro atoms. The van der Waals surface area contributed by atoms with Gasteiger partial charge in [-0.25, -0.2) is 4.98 Å². The molecule has 0 atom stereocenters. The molecule has 0 saturated heterocycles. The summed E-state index contributed by atoms with van der Waals surface area (Å²) < 4.78 is 5.53. The number of hydrogen-bond acceptors (Lipinski definition) is 4. The largest absolute Gasteiger partial charge is 0.493 e. The van der Waals surface area contributed by atoms with Crippen LogP contribution in [0.15, 0.2) is 36.5 Å². The van der Waals surface area contributed by atoms with Crippen LogP contribution in [-0.2, 0) is 13.0 Å². The van der Waals surface area contributed by atoms with Gasteiger partial charge in [0, 0.05) is 33.3 Å². The standard InChI is InChI=1S/C16H19N3O/c1-19(2)16-14(4-3-8-17-16)18-11-12-5-6-15-13(10-12)7-9-20-15/h3-6,8,10,18H,7,9,11H2,1-2H3. The van der Waals surface area contributed by atoms with E-state index in [4.69, 9.17) is 4.74 Å². The Morgan fingerprint density at radius 1 is 1.30 bits per heavy atom. The van der Waals surface area contributed by atoms with Crippen molar-refractivity contribution in [1.29, 1.82) is 0 Å². The average molecular weight is 269 g/mol. The van der Waals surface area contributed by atoms with Gasteiger partial charge < -0.3 is 15.0 Å². The molecule has 4 nitrogen and oxygen atoms in total. The number of hydrogen-bond donors (Lipinski definition) is 1. The van der Waals surface area contributed by atoms with Crippen molar-refractivity contribution in [1.82, 2.24) is 4.98 Å². The number of pyridine rings is 1. The maximum atomic E-state index is 5.53. The van der Waals surface area contributed by atoms with E-state index < -0.39 is 0 Å². The van der Waals surface area contributed by atoms with Crippen molar-refractivity contribution in [2.45, 2.75) is 13.0 Å². The second kappa shape index (κ2) is 5.41. The van der Waals surface area contributed by atoms with E-state index in [1.54, 1.807) is 0 Å². The van der Waals surface area contributed by atoms with Crippen LogP contribution in [0.2, 0.25) is 0 Å². The van der Waals surface area contributed by atoms with Crippen LogP contribution >= 0.6 is 0 Å². The fourth-order valence-electron chi connectivity index (χ4n) is 2.44. The Morgan fingerprint density at radius 3 is 3.05 bits per heavy atom. The second-order valence-corrected chi connectivity index (χ2v) is 5.16. The summed E-state index contributed by atoms with van der Waals surface area (Å²) in [5.74, 6) is 1.99. The summed E-state index contributed by atoms with van der Waals surface area (Å²) in [5, 5.41) is 3.46. The minimum Gasteiger partial charge on any atom is -0.493 e. The first-order valence-electron chi connectivity index (χ1n) is 6.85. The SMILES string of the molecule is CN(C)c1ncccc1NCc1ccc2c(c1)CCO2. The van der Waals surface area contributed by atoms with E-state index in [2.05, 4.69) is 34.6 Å². The maximum Gasteiger partial charge on any atom is 0.151 e. The number of ether oxygens (including phenoxy) is 1. The number of aromatic nitrogens is 1. The molecule has 104 valence electrons. The highest BCUT2D eigenvalue weighted by Crippen LogP contribution is 2.27. The normalized spacial score (nSPS) is 12.7. The Labute approximate surface area is 119 Å². The number of fused-ring (bicyclic) bond motifs is 1. The van der Waals surface area contributed by atoms with Gasteiger partial charge in [0.2, 0.25) is 0 Å². The van der Waals surface area contributed by atoms with Crippen LogP contribution in [0.25, 0.3) is 0 Å². The predicted molar refractivity (Wildman–Crippen MR) is 81.5 cm³/mol. The van der Waals surface area contributed by atoms with Gasteiger partial charge in [-0.2, -0.15) is 0 Å². The Morgan fingerprint density at radius 2 is 2.20 bits per heavy atom. The van der Waals surface area contributed by atoms with Crippen LogP contribution < -0.4 is 15.0 Å². The molecule has 1 aliphatic rings. The second-order valence-electron chi connectivity index (χ2n) is 5.16. The highest BCUT2D eigenvalue weighted by molar-refractivity contribution is 5.64. The van der Waals surface area contributed by atoms with E-state index in [0.29, 0.717) is 0 Å². The molecule has 1 aromatic heterocycles. The molecule has 1 aromatic carbocycles. The maximum absolute atomic E-state index is 5.53. The lowest BCUT2D eigenvalue weighted by atomic mass is 10.1. The van der Waals surface area contributed by atoms with Crippen molar-refractivity contribution in [3.8, 4) is 5.75 Å². The lowest BCUT2D eigenvalue weighted by Crippen LogP contribution is -2.13. The summed E-state index contributed by atoms with van der Waals surface area (Å²) in [6.45, 7) is 1.60. The number of benzene rings is 1. The molecular weight excluding hydrogens is 250 g/mol. The number of nitrogens with zero attached hydrogens (tertiary/aromatic N) is 2. The summed E-state index contributed by atoms with van der Waals surface area (Å²) in [6.07, 6.45) is 2.83. The minimum absolute atomic E-state index is 0.791. The number of nitrogens with one attached hydrogen (secondary N) is 1. The smallest absolute Gasteiger partial charge is 0.151 e. The third-order valence-electron chi connectivity index (χ3n) is 3.45. The van der Waals surface area contributed by atoms with Crippen molar-refractivity contribution in [3.63, 3.8) is 0 Å². The lowest BCUT2D eigenvalue weighted by molar-refractivity contribution is 0.357. The van der Waals surface area contributed by atoms with Gasteiger partial charge in [-0.1, -0.05) is 12.1 Å². The average Bonchev–Trinajstić information content (AvgIpc) is 2.92. The Bertz CT molecular complexity index is 610. The first-order valence-corrected chi connectivity index (χ1v) is 6.85. The van der Waals surface area contributed by atoms with Crippen molar-refractivity contribution < 1.29 is 4.74 Å². The molecule has 3 rings (SSSR count). The van der Waals surface area contributed by atoms with E-state index in [1.807, 2.05) is 31.3 Å². The van der Waals surface area contributed by atoms with Crippen LogP contribution in [0, 0.1) is 0 Å². The molecule has 0 aliphatic carbocycles. The van der Waals surface area contributed by atoms with Gasteiger partial charge in [0.25, 0.3) is 0 Å². The third-order valence-corrected chi connectivity index (χ3v) is 3.45. The summed E-state index contributed by atoms with van der Waals surface area (Å²) in [6, 6.07) is 10.4. The van der Waals surface area contributed by atoms with Crippen LogP contribution in [0.1, 0.15) is 11.1 Å². The topological polar surface area (TPSA) is 37.4 Å². The van der Waals surface area contributed by atoms with Crippen molar-refractivity contribution in [3.05, 3.63) is 47.7 Å². The molecule has 1 N–H and O–H groups in total. The third kappa shape index (κ3) is 2.54. The zero-order chi connectivity index (χ0) is 13.9. The van der Waals surface area contributed by atoms with Crippen LogP contribution in [0.3, 0.4) is 0 Å². The van der Waals surface area contributed by atoms with Gasteiger partial charge in [-0.05, 0) is 29.3 Å². The predicted octanol–water partition coefficient (Wildman–Crippen LogP) is 2.69. The molecule has 0 amide bonds. The van der Waals surface area contributed by atoms with Gasteiger partial charge in [-0.15, -0.1) is 0 Å². The van der Waals surface area contributed by atoms with Crippen molar-refractivity contribution >= 4 is 11.5 Å². The van der Waals surface area contributed by atoms with Gasteiger partial charge in [0.1, 0.15) is 5.75 Å². The van der Waals surface area contributed by atoms with Crippen LogP contribution in [0.4, 0.5) is 11.5 Å². The molecule has 0 saturated carbocycles. The fourth-order valence-corrected chi connectivity index (χ4v) is 2.44. The highest BCUT2D eigenvalue weighted by Gasteiger charge is 2.12. The van der Waals surface area contributed by atoms with Gasteiger partial charge in [-0.3, -0.25) is 0 Å². The van der Waals surface area contributed by atoms with Crippen molar-refractivity contribution in [2.75, 3.05) is 30.9 Å². The Hall–Kier alpha value is -2.23. The molecule has 20 heavy (non-hydrogen) atoms. The molecule has 0 fully saturated rings. The van der Waals surface area contributed by atoms with Crippen molar-refractivity contribution in [2.24, 2.45) is 0 Å². The summed E-state index contributed by atoms with van der Waals surface area (Å²) >= 11 is 0. The zero-order valence-corrected chi connectivity index (χ0v) is 11.9. The molecule has 2 heterocycles. The zero-order valence-electron chi connectivity index (χ0n) is 11.9. The van der Waals surface area contributed by atoms with E-state index in [-0.39, 0.29) is 0 Å². The summed E-state index contributed by atoms with van der Waals surface area (Å²) in [4.78, 5) is 6.40. The molecule has 4 heteroatoms. The van der Waals surface area contributed by atoms with Gasteiger partial charge in [0.15, 0.2) is 5.82 Å². The number of anilines is 2. The molecular formula is C16H19N3O. The monoisotopic (exact) mass is 269 g/mol. The van der Waals surface area contributed by atoms with E-state index in [0.717, 1.165) is 36.8 Å². The Balaban J connectivity index is 1.74. The van der Waals surface area contributed by atoms with E-state index in [9.17, 15) is 0 Å². The highest BCUT2D eigenvalue weighted by atomic mass is 16.5. The lowest BCUT2D eigenvalue weighted by Gasteiger charge is -2.17. The van der Waals surface area contributed by atoms with Gasteiger partial charge in [0.05, 0.1) is 12.3 Å². The minimum atomic E-state index is 0.791. The molecule has 0 radical (unpaired) electrons. The van der Waals surface area contributed by atoms with E-state index in [1.165, 1.54) is 11.1 Å². The first kappa shape index (κ1) is 12.8. The molecule has 0 unspecified atom stereocenters. The van der Waals surface area contributed by atoms with Crippen LogP contribution in [0.5, 0.6) is 5.75 Å². The Kier molecular flexibility index (Phi) is 3.46. The molecule has 2 aromatic rings. The van der Waals surface area contributed by atoms with E-state index >= 15 is 0 Å². The molecule has 0 bridgehead atoms. The first-order chi connectivity index (χ1) is 9.74. The summed E-state index contributed by atoms with van der Waals surface area (Å²) in [5.41, 5.74) is 3.63. The van der Waals surface area contributed by atoms with Crippen LogP contribution in [-0.4, -0.2) is 25.7 Å². The summed E-state index contributed by atoms with van der Waals surface area (Å²) in [7, 11) is 4.00. The van der Waals surface area contributed by atoms with Gasteiger partial charge >= 0.3 is 0 Å².